The second-order valence-electron chi connectivity index (χ2n) is 12.1. The Labute approximate surface area is 284 Å². The van der Waals surface area contributed by atoms with E-state index in [-0.39, 0.29) is 0 Å². The molecule has 4 heteroatoms. The number of aromatic nitrogens is 4. The summed E-state index contributed by atoms with van der Waals surface area (Å²) < 4.78 is 2.35. The second kappa shape index (κ2) is 12.2. The van der Waals surface area contributed by atoms with Crippen LogP contribution in [0.5, 0.6) is 0 Å². The quantitative estimate of drug-likeness (QED) is 0.184. The van der Waals surface area contributed by atoms with Crippen LogP contribution in [0.15, 0.2) is 182 Å². The number of hydrogen-bond acceptors (Lipinski definition) is 3. The van der Waals surface area contributed by atoms with Crippen molar-refractivity contribution in [2.75, 3.05) is 0 Å². The van der Waals surface area contributed by atoms with E-state index in [9.17, 15) is 0 Å². The molecule has 0 aliphatic heterocycles. The van der Waals surface area contributed by atoms with Gasteiger partial charge in [0.15, 0.2) is 17.5 Å². The van der Waals surface area contributed by atoms with Crippen molar-refractivity contribution in [3.8, 4) is 62.1 Å². The van der Waals surface area contributed by atoms with E-state index < -0.39 is 0 Å². The third kappa shape index (κ3) is 5.26. The van der Waals surface area contributed by atoms with Gasteiger partial charge in [-0.25, -0.2) is 15.0 Å². The summed E-state index contributed by atoms with van der Waals surface area (Å²) in [5.41, 5.74) is 11.1. The highest BCUT2D eigenvalue weighted by Gasteiger charge is 2.16. The molecule has 0 aliphatic rings. The molecule has 0 N–H and O–H groups in total. The number of benzene rings is 7. The van der Waals surface area contributed by atoms with Crippen molar-refractivity contribution in [2.45, 2.75) is 0 Å². The maximum Gasteiger partial charge on any atom is 0.164 e. The average molecular weight is 627 g/mol. The number of hydrogen-bond donors (Lipinski definition) is 0. The molecule has 4 nitrogen and oxygen atoms in total. The normalized spacial score (nSPS) is 11.3. The topological polar surface area (TPSA) is 43.6 Å². The van der Waals surface area contributed by atoms with Crippen LogP contribution in [0.4, 0.5) is 0 Å². The summed E-state index contributed by atoms with van der Waals surface area (Å²) in [5.74, 6) is 1.96. The van der Waals surface area contributed by atoms with Gasteiger partial charge in [-0.2, -0.15) is 0 Å². The lowest BCUT2D eigenvalue weighted by Gasteiger charge is -2.12. The van der Waals surface area contributed by atoms with Gasteiger partial charge >= 0.3 is 0 Å². The fourth-order valence-corrected chi connectivity index (χ4v) is 6.72. The number of nitrogens with zero attached hydrogens (tertiary/aromatic N) is 4. The first-order chi connectivity index (χ1) is 24.3. The molecule has 9 aromatic rings. The van der Waals surface area contributed by atoms with E-state index in [0.29, 0.717) is 17.5 Å². The van der Waals surface area contributed by atoms with Crippen molar-refractivity contribution >= 4 is 21.8 Å². The van der Waals surface area contributed by atoms with Crippen molar-refractivity contribution in [1.82, 2.24) is 19.5 Å². The molecular formula is C45H30N4. The van der Waals surface area contributed by atoms with Gasteiger partial charge < -0.3 is 4.57 Å². The van der Waals surface area contributed by atoms with Crippen molar-refractivity contribution in [3.05, 3.63) is 182 Å². The van der Waals surface area contributed by atoms with Gasteiger partial charge in [-0.05, 0) is 52.6 Å². The fraction of sp³-hybridized carbons (Fsp3) is 0. The van der Waals surface area contributed by atoms with Crippen LogP contribution in [-0.2, 0) is 0 Å². The third-order valence-corrected chi connectivity index (χ3v) is 9.08. The molecule has 0 atom stereocenters. The largest absolute Gasteiger partial charge is 0.309 e. The summed E-state index contributed by atoms with van der Waals surface area (Å²) in [6, 6.07) is 63.4. The van der Waals surface area contributed by atoms with Crippen LogP contribution < -0.4 is 0 Å². The Bertz CT molecular complexity index is 2520. The van der Waals surface area contributed by atoms with E-state index in [1.54, 1.807) is 0 Å². The molecule has 7 aromatic carbocycles. The van der Waals surface area contributed by atoms with Crippen molar-refractivity contribution in [1.29, 1.82) is 0 Å². The molecule has 9 rings (SSSR count). The molecule has 0 saturated carbocycles. The highest BCUT2D eigenvalue weighted by molar-refractivity contribution is 6.10. The Morgan fingerprint density at radius 3 is 1.35 bits per heavy atom. The van der Waals surface area contributed by atoms with E-state index >= 15 is 0 Å². The predicted octanol–water partition coefficient (Wildman–Crippen LogP) is 11.3. The third-order valence-electron chi connectivity index (χ3n) is 9.08. The first-order valence-electron chi connectivity index (χ1n) is 16.5. The first kappa shape index (κ1) is 28.6. The molecule has 0 aliphatic carbocycles. The molecule has 0 radical (unpaired) electrons. The van der Waals surface area contributed by atoms with Crippen molar-refractivity contribution in [3.63, 3.8) is 0 Å². The lowest BCUT2D eigenvalue weighted by molar-refractivity contribution is 1.07. The van der Waals surface area contributed by atoms with Gasteiger partial charge in [0.2, 0.25) is 0 Å². The Morgan fingerprint density at radius 1 is 0.306 bits per heavy atom. The molecule has 0 bridgehead atoms. The number of rotatable bonds is 6. The maximum absolute atomic E-state index is 4.92. The summed E-state index contributed by atoms with van der Waals surface area (Å²) in [4.78, 5) is 14.7. The maximum atomic E-state index is 4.92. The van der Waals surface area contributed by atoms with Crippen molar-refractivity contribution < 1.29 is 0 Å². The Hall–Kier alpha value is -6.65. The summed E-state index contributed by atoms with van der Waals surface area (Å²) >= 11 is 0. The lowest BCUT2D eigenvalue weighted by atomic mass is 9.93. The zero-order chi connectivity index (χ0) is 32.6. The second-order valence-corrected chi connectivity index (χ2v) is 12.1. The average Bonchev–Trinajstić information content (AvgIpc) is 3.52. The monoisotopic (exact) mass is 626 g/mol. The van der Waals surface area contributed by atoms with Gasteiger partial charge in [-0.15, -0.1) is 0 Å². The molecule has 0 spiro atoms. The van der Waals surface area contributed by atoms with Crippen LogP contribution in [0.3, 0.4) is 0 Å². The van der Waals surface area contributed by atoms with Crippen LogP contribution in [0, 0.1) is 0 Å². The Kier molecular flexibility index (Phi) is 7.10. The zero-order valence-corrected chi connectivity index (χ0v) is 26.6. The Morgan fingerprint density at radius 2 is 0.735 bits per heavy atom. The summed E-state index contributed by atoms with van der Waals surface area (Å²) in [7, 11) is 0. The van der Waals surface area contributed by atoms with E-state index in [2.05, 4.69) is 126 Å². The van der Waals surface area contributed by atoms with Crippen LogP contribution in [-0.4, -0.2) is 19.5 Å². The van der Waals surface area contributed by atoms with Gasteiger partial charge in [0.25, 0.3) is 0 Å². The highest BCUT2D eigenvalue weighted by atomic mass is 15.0. The first-order valence-corrected chi connectivity index (χ1v) is 16.5. The predicted molar refractivity (Wildman–Crippen MR) is 201 cm³/mol. The van der Waals surface area contributed by atoms with Gasteiger partial charge in [-0.1, -0.05) is 152 Å². The zero-order valence-electron chi connectivity index (χ0n) is 26.6. The fourth-order valence-electron chi connectivity index (χ4n) is 6.72. The molecule has 0 saturated heterocycles. The molecule has 0 amide bonds. The molecule has 2 heterocycles. The SMILES string of the molecule is c1ccc(-c2nc(-c3ccccc3)nc(-c3ccc(-c4ccccc4-c4ccc5c(c4)c4ccccc4n5-c4ccccc4)cc3)n2)cc1. The standard InChI is InChI=1S/C45H30N4/c1-4-14-32(15-5-1)43-46-44(33-16-6-2-7-17-33)48-45(47-43)34-26-24-31(25-27-34)37-20-10-11-21-38(37)35-28-29-42-40(30-35)39-22-12-13-23-41(39)49(42)36-18-8-3-9-19-36/h1-30H. The van der Waals surface area contributed by atoms with Crippen molar-refractivity contribution in [2.24, 2.45) is 0 Å². The summed E-state index contributed by atoms with van der Waals surface area (Å²) in [6.45, 7) is 0. The minimum atomic E-state index is 0.646. The molecule has 0 fully saturated rings. The van der Waals surface area contributed by atoms with Gasteiger partial charge in [0, 0.05) is 33.2 Å². The van der Waals surface area contributed by atoms with E-state index in [1.807, 2.05) is 60.7 Å². The minimum Gasteiger partial charge on any atom is -0.309 e. The highest BCUT2D eigenvalue weighted by Crippen LogP contribution is 2.38. The van der Waals surface area contributed by atoms with Crippen LogP contribution in [0.25, 0.3) is 83.9 Å². The van der Waals surface area contributed by atoms with Crippen LogP contribution in [0.1, 0.15) is 0 Å². The summed E-state index contributed by atoms with van der Waals surface area (Å²) in [5, 5.41) is 2.48. The molecule has 0 unspecified atom stereocenters. The van der Waals surface area contributed by atoms with E-state index in [0.717, 1.165) is 27.9 Å². The molecule has 2 aromatic heterocycles. The van der Waals surface area contributed by atoms with Gasteiger partial charge in [-0.3, -0.25) is 0 Å². The number of fused-ring (bicyclic) bond motifs is 3. The molecule has 49 heavy (non-hydrogen) atoms. The minimum absolute atomic E-state index is 0.646. The van der Waals surface area contributed by atoms with Gasteiger partial charge in [0.05, 0.1) is 11.0 Å². The van der Waals surface area contributed by atoms with Crippen LogP contribution in [0.2, 0.25) is 0 Å². The molecule has 230 valence electrons. The summed E-state index contributed by atoms with van der Waals surface area (Å²) in [6.07, 6.45) is 0. The van der Waals surface area contributed by atoms with Gasteiger partial charge in [0.1, 0.15) is 0 Å². The number of para-hydroxylation sites is 2. The lowest BCUT2D eigenvalue weighted by Crippen LogP contribution is -2.00. The van der Waals surface area contributed by atoms with E-state index in [1.165, 1.54) is 38.5 Å². The van der Waals surface area contributed by atoms with Crippen LogP contribution >= 0.6 is 0 Å². The van der Waals surface area contributed by atoms with E-state index in [4.69, 9.17) is 15.0 Å². The Balaban J connectivity index is 1.12. The smallest absolute Gasteiger partial charge is 0.164 e. The molecular weight excluding hydrogens is 597 g/mol.